The molecule has 0 aliphatic carbocycles. The summed E-state index contributed by atoms with van der Waals surface area (Å²) in [5.74, 6) is 0.768. The van der Waals surface area contributed by atoms with Gasteiger partial charge in [-0.25, -0.2) is 0 Å². The van der Waals surface area contributed by atoms with E-state index in [9.17, 15) is 9.90 Å². The van der Waals surface area contributed by atoms with Crippen LogP contribution in [-0.2, 0) is 0 Å². The highest BCUT2D eigenvalue weighted by Crippen LogP contribution is 2.36. The van der Waals surface area contributed by atoms with Crippen molar-refractivity contribution >= 4 is 29.1 Å². The van der Waals surface area contributed by atoms with Crippen molar-refractivity contribution in [2.75, 3.05) is 11.1 Å². The minimum absolute atomic E-state index is 0.0139. The van der Waals surface area contributed by atoms with Crippen LogP contribution in [0.25, 0.3) is 11.3 Å². The van der Waals surface area contributed by atoms with Crippen molar-refractivity contribution in [2.45, 2.75) is 18.2 Å². The summed E-state index contributed by atoms with van der Waals surface area (Å²) in [5, 5.41) is 18.8. The Kier molecular flexibility index (Phi) is 4.34. The average molecular weight is 388 g/mol. The lowest BCUT2D eigenvalue weighted by Gasteiger charge is -2.23. The zero-order valence-electron chi connectivity index (χ0n) is 13.9. The van der Waals surface area contributed by atoms with Crippen molar-refractivity contribution in [2.24, 2.45) is 0 Å². The molecule has 8 heteroatoms. The number of halogens is 1. The average Bonchev–Trinajstić information content (AvgIpc) is 2.63. The Hall–Kier alpha value is -2.51. The Labute approximate surface area is 158 Å². The number of fused-ring (bicyclic) bond motifs is 3. The number of phenolic OH excluding ortho intramolecular Hbond substituents is 1. The van der Waals surface area contributed by atoms with Crippen LogP contribution in [0.5, 0.6) is 5.75 Å². The Morgan fingerprint density at radius 1 is 1.27 bits per heavy atom. The molecule has 1 aliphatic rings. The molecule has 132 valence electrons. The van der Waals surface area contributed by atoms with E-state index in [2.05, 4.69) is 15.4 Å². The molecule has 3 N–H and O–H groups in total. The maximum absolute atomic E-state index is 12.8. The lowest BCUT2D eigenvalue weighted by Crippen LogP contribution is -2.55. The van der Waals surface area contributed by atoms with E-state index in [1.807, 2.05) is 31.2 Å². The van der Waals surface area contributed by atoms with Crippen LogP contribution in [0.4, 0.5) is 5.69 Å². The highest BCUT2D eigenvalue weighted by Gasteiger charge is 2.38. The molecule has 0 unspecified atom stereocenters. The Morgan fingerprint density at radius 3 is 2.88 bits per heavy atom. The number of nitrogens with zero attached hydrogens (tertiary/aromatic N) is 2. The Balaban J connectivity index is 2.00. The van der Waals surface area contributed by atoms with Crippen molar-refractivity contribution < 1.29 is 9.79 Å². The van der Waals surface area contributed by atoms with Crippen molar-refractivity contribution in [3.63, 3.8) is 0 Å². The number of hydrogen-bond donors (Lipinski definition) is 3. The monoisotopic (exact) mass is 387 g/mol. The third kappa shape index (κ3) is 2.73. The van der Waals surface area contributed by atoms with Crippen LogP contribution in [0.2, 0.25) is 5.02 Å². The number of anilines is 1. The molecule has 0 bridgehead atoms. The summed E-state index contributed by atoms with van der Waals surface area (Å²) < 4.78 is 1.64. The first-order valence-corrected chi connectivity index (χ1v) is 9.48. The molecule has 26 heavy (non-hydrogen) atoms. The number of rotatable bonds is 3. The second-order valence-corrected chi connectivity index (χ2v) is 7.39. The minimum Gasteiger partial charge on any atom is -0.506 e. The fourth-order valence-corrected chi connectivity index (χ4v) is 3.86. The van der Waals surface area contributed by atoms with E-state index in [4.69, 9.17) is 11.6 Å². The minimum atomic E-state index is -0.516. The highest BCUT2D eigenvalue weighted by molar-refractivity contribution is 7.99. The number of aromatic hydroxyl groups is 1. The Morgan fingerprint density at radius 2 is 2.08 bits per heavy atom. The number of aromatic nitrogens is 3. The molecule has 6 nitrogen and oxygen atoms in total. The maximum Gasteiger partial charge on any atom is 0.325 e. The van der Waals surface area contributed by atoms with Crippen LogP contribution in [0, 0.1) is 0 Å². The largest absolute Gasteiger partial charge is 0.506 e. The molecule has 1 atom stereocenters. The topological polar surface area (TPSA) is 81.9 Å². The van der Waals surface area contributed by atoms with E-state index in [1.54, 1.807) is 16.8 Å². The molecule has 1 aliphatic heterocycles. The molecule has 0 saturated heterocycles. The first-order valence-electron chi connectivity index (χ1n) is 8.12. The summed E-state index contributed by atoms with van der Waals surface area (Å²) in [4.78, 5) is 15.7. The first-order chi connectivity index (χ1) is 12.6. The van der Waals surface area contributed by atoms with Crippen molar-refractivity contribution in [1.82, 2.24) is 10.1 Å². The van der Waals surface area contributed by atoms with Crippen LogP contribution in [0.3, 0.4) is 0 Å². The second-order valence-electron chi connectivity index (χ2n) is 5.76. The second kappa shape index (κ2) is 6.66. The molecule has 0 saturated carbocycles. The van der Waals surface area contributed by atoms with Crippen molar-refractivity contribution in [3.8, 4) is 17.0 Å². The van der Waals surface area contributed by atoms with E-state index in [1.165, 1.54) is 17.8 Å². The van der Waals surface area contributed by atoms with Crippen LogP contribution in [0.1, 0.15) is 18.7 Å². The van der Waals surface area contributed by atoms with E-state index in [0.29, 0.717) is 16.4 Å². The molecule has 1 aromatic heterocycles. The van der Waals surface area contributed by atoms with Gasteiger partial charge in [0.05, 0.1) is 21.8 Å². The standard InChI is InChI=1S/C18H15ClN4O2S/c1-2-26-18-21-17(25)15-10-6-3-4-8-12(10)20-16(23(15)22-18)11-7-5-9-13(24)14(11)19/h3-9,16H,2H2,1H3,(H2,21,22,24,25)/p+1/t16-/m0/s1. The van der Waals surface area contributed by atoms with Gasteiger partial charge in [-0.3, -0.25) is 9.78 Å². The number of thioether (sulfide) groups is 1. The summed E-state index contributed by atoms with van der Waals surface area (Å²) in [6.45, 7) is 1.99. The van der Waals surface area contributed by atoms with Gasteiger partial charge in [0.2, 0.25) is 5.16 Å². The number of para-hydroxylation sites is 1. The SMILES string of the molecule is CCSc1n[n+]2c(c(=O)[nH]1)-c1ccccc1N[C@@H]2c1cccc(O)c1Cl. The van der Waals surface area contributed by atoms with Crippen molar-refractivity contribution in [3.05, 3.63) is 63.4 Å². The van der Waals surface area contributed by atoms with Gasteiger partial charge in [-0.2, -0.15) is 0 Å². The van der Waals surface area contributed by atoms with Gasteiger partial charge in [0.1, 0.15) is 5.75 Å². The van der Waals surface area contributed by atoms with Crippen LogP contribution in [0.15, 0.2) is 52.4 Å². The van der Waals surface area contributed by atoms with Crippen LogP contribution in [-0.4, -0.2) is 20.9 Å². The third-order valence-electron chi connectivity index (χ3n) is 4.17. The van der Waals surface area contributed by atoms with Gasteiger partial charge < -0.3 is 10.4 Å². The molecule has 0 fully saturated rings. The summed E-state index contributed by atoms with van der Waals surface area (Å²) >= 11 is 7.79. The lowest BCUT2D eigenvalue weighted by atomic mass is 10.0. The summed E-state index contributed by atoms with van der Waals surface area (Å²) in [7, 11) is 0. The molecule has 3 aromatic rings. The van der Waals surface area contributed by atoms with Crippen LogP contribution >= 0.6 is 23.4 Å². The third-order valence-corrected chi connectivity index (χ3v) is 5.32. The Bertz CT molecular complexity index is 1050. The smallest absolute Gasteiger partial charge is 0.325 e. The summed E-state index contributed by atoms with van der Waals surface area (Å²) in [6.07, 6.45) is -0.516. The number of phenols is 1. The highest BCUT2D eigenvalue weighted by atomic mass is 35.5. The molecule has 4 rings (SSSR count). The fourth-order valence-electron chi connectivity index (χ4n) is 3.05. The number of aromatic amines is 1. The van der Waals surface area contributed by atoms with E-state index in [-0.39, 0.29) is 16.3 Å². The zero-order chi connectivity index (χ0) is 18.3. The molecule has 2 heterocycles. The maximum atomic E-state index is 12.8. The molecule has 0 spiro atoms. The van der Waals surface area contributed by atoms with Gasteiger partial charge in [0.15, 0.2) is 0 Å². The fraction of sp³-hybridized carbons (Fsp3) is 0.167. The predicted molar refractivity (Wildman–Crippen MR) is 102 cm³/mol. The van der Waals surface area contributed by atoms with E-state index >= 15 is 0 Å². The number of nitrogens with one attached hydrogen (secondary N) is 2. The molecular formula is C18H16ClN4O2S+. The number of hydrogen-bond acceptors (Lipinski definition) is 5. The zero-order valence-corrected chi connectivity index (χ0v) is 15.4. The summed E-state index contributed by atoms with van der Waals surface area (Å²) in [5.41, 5.74) is 2.44. The van der Waals surface area contributed by atoms with Gasteiger partial charge in [0, 0.05) is 5.10 Å². The molecule has 0 radical (unpaired) electrons. The van der Waals surface area contributed by atoms with Crippen molar-refractivity contribution in [1.29, 1.82) is 0 Å². The van der Waals surface area contributed by atoms with E-state index < -0.39 is 6.17 Å². The molecule has 0 amide bonds. The number of benzene rings is 2. The first kappa shape index (κ1) is 16.9. The molecule has 2 aromatic carbocycles. The van der Waals surface area contributed by atoms with E-state index in [0.717, 1.165) is 17.0 Å². The summed E-state index contributed by atoms with van der Waals surface area (Å²) in [6, 6.07) is 12.6. The normalized spacial score (nSPS) is 15.1. The molecular weight excluding hydrogens is 372 g/mol. The van der Waals surface area contributed by atoms with Gasteiger partial charge in [0.25, 0.3) is 6.17 Å². The van der Waals surface area contributed by atoms with Gasteiger partial charge in [-0.15, -0.1) is 0 Å². The van der Waals surface area contributed by atoms with Crippen LogP contribution < -0.4 is 15.6 Å². The quantitative estimate of drug-likeness (QED) is 0.475. The van der Waals surface area contributed by atoms with Gasteiger partial charge >= 0.3 is 11.3 Å². The van der Waals surface area contributed by atoms with Gasteiger partial charge in [-0.05, 0) is 34.7 Å². The number of H-pyrrole nitrogens is 1. The lowest BCUT2D eigenvalue weighted by molar-refractivity contribution is -0.759. The predicted octanol–water partition coefficient (Wildman–Crippen LogP) is 3.17. The van der Waals surface area contributed by atoms with Gasteiger partial charge in [-0.1, -0.05) is 48.5 Å².